The Kier molecular flexibility index (Phi) is 3.76. The van der Waals surface area contributed by atoms with E-state index in [9.17, 15) is 0 Å². The molecule has 2 rings (SSSR count). The Hall–Kier alpha value is -0.980. The summed E-state index contributed by atoms with van der Waals surface area (Å²) in [6.45, 7) is 9.10. The lowest BCUT2D eigenvalue weighted by Gasteiger charge is -2.32. The molecule has 0 saturated heterocycles. The van der Waals surface area contributed by atoms with Gasteiger partial charge in [-0.2, -0.15) is 0 Å². The Morgan fingerprint density at radius 3 is 1.94 bits per heavy atom. The van der Waals surface area contributed by atoms with Crippen LogP contribution in [0.5, 0.6) is 0 Å². The van der Waals surface area contributed by atoms with Crippen LogP contribution in [-0.4, -0.2) is 6.04 Å². The lowest BCUT2D eigenvalue weighted by molar-refractivity contribution is 0.281. The minimum Gasteiger partial charge on any atom is -0.382 e. The highest BCUT2D eigenvalue weighted by Crippen LogP contribution is 2.30. The summed E-state index contributed by atoms with van der Waals surface area (Å²) in [5, 5.41) is 3.72. The zero-order valence-corrected chi connectivity index (χ0v) is 11.6. The summed E-state index contributed by atoms with van der Waals surface area (Å²) in [5.74, 6) is 1.73. The molecule has 1 aliphatic rings. The van der Waals surface area contributed by atoms with E-state index in [-0.39, 0.29) is 0 Å². The van der Waals surface area contributed by atoms with Gasteiger partial charge in [0, 0.05) is 11.7 Å². The monoisotopic (exact) mass is 231 g/mol. The van der Waals surface area contributed by atoms with Gasteiger partial charge >= 0.3 is 0 Å². The van der Waals surface area contributed by atoms with Crippen LogP contribution >= 0.6 is 0 Å². The van der Waals surface area contributed by atoms with Crippen LogP contribution in [0.3, 0.4) is 0 Å². The van der Waals surface area contributed by atoms with Gasteiger partial charge in [0.1, 0.15) is 0 Å². The zero-order valence-electron chi connectivity index (χ0n) is 11.6. The molecule has 1 aromatic carbocycles. The lowest BCUT2D eigenvalue weighted by atomic mass is 9.80. The summed E-state index contributed by atoms with van der Waals surface area (Å²) < 4.78 is 0. The molecule has 1 aliphatic carbocycles. The third kappa shape index (κ3) is 3.49. The predicted molar refractivity (Wildman–Crippen MR) is 75.5 cm³/mol. The standard InChI is InChI=1S/C16H25N/c1-11-5-12(2)8-15(7-11)17-16-9-13(3)6-14(4)10-16/h5,7-8,13-14,16-17H,6,9-10H2,1-4H3. The number of hydrogen-bond acceptors (Lipinski definition) is 1. The minimum atomic E-state index is 0.662. The Morgan fingerprint density at radius 1 is 0.882 bits per heavy atom. The SMILES string of the molecule is Cc1cc(C)cc(NC2CC(C)CC(C)C2)c1. The highest BCUT2D eigenvalue weighted by Gasteiger charge is 2.23. The maximum absolute atomic E-state index is 3.72. The summed E-state index contributed by atoms with van der Waals surface area (Å²) in [7, 11) is 0. The summed E-state index contributed by atoms with van der Waals surface area (Å²) in [5.41, 5.74) is 4.00. The molecular weight excluding hydrogens is 206 g/mol. The molecule has 0 radical (unpaired) electrons. The molecule has 0 bridgehead atoms. The van der Waals surface area contributed by atoms with Crippen LogP contribution < -0.4 is 5.32 Å². The Bertz CT molecular complexity index is 353. The quantitative estimate of drug-likeness (QED) is 0.788. The third-order valence-corrected chi connectivity index (χ3v) is 3.77. The largest absolute Gasteiger partial charge is 0.382 e. The van der Waals surface area contributed by atoms with Crippen LogP contribution in [0.15, 0.2) is 18.2 Å². The Balaban J connectivity index is 2.04. The topological polar surface area (TPSA) is 12.0 Å². The summed E-state index contributed by atoms with van der Waals surface area (Å²) in [6, 6.07) is 7.42. The average Bonchev–Trinajstić information content (AvgIpc) is 2.13. The van der Waals surface area contributed by atoms with E-state index in [1.54, 1.807) is 0 Å². The van der Waals surface area contributed by atoms with Gasteiger partial charge in [-0.1, -0.05) is 19.9 Å². The van der Waals surface area contributed by atoms with Crippen molar-refractivity contribution in [3.63, 3.8) is 0 Å². The molecule has 1 fully saturated rings. The number of anilines is 1. The minimum absolute atomic E-state index is 0.662. The van der Waals surface area contributed by atoms with Crippen molar-refractivity contribution in [1.29, 1.82) is 0 Å². The molecule has 94 valence electrons. The molecule has 1 heteroatoms. The van der Waals surface area contributed by atoms with Gasteiger partial charge in [-0.15, -0.1) is 0 Å². The second kappa shape index (κ2) is 5.12. The number of hydrogen-bond donors (Lipinski definition) is 1. The van der Waals surface area contributed by atoms with E-state index >= 15 is 0 Å². The lowest BCUT2D eigenvalue weighted by Crippen LogP contribution is -2.30. The van der Waals surface area contributed by atoms with Gasteiger partial charge in [0.15, 0.2) is 0 Å². The fraction of sp³-hybridized carbons (Fsp3) is 0.625. The van der Waals surface area contributed by atoms with Gasteiger partial charge < -0.3 is 5.32 Å². The Morgan fingerprint density at radius 2 is 1.41 bits per heavy atom. The van der Waals surface area contributed by atoms with E-state index in [1.165, 1.54) is 36.1 Å². The van der Waals surface area contributed by atoms with Gasteiger partial charge in [0.05, 0.1) is 0 Å². The van der Waals surface area contributed by atoms with Crippen LogP contribution in [0.1, 0.15) is 44.2 Å². The zero-order chi connectivity index (χ0) is 12.4. The van der Waals surface area contributed by atoms with Crippen LogP contribution in [-0.2, 0) is 0 Å². The van der Waals surface area contributed by atoms with Gasteiger partial charge in [-0.3, -0.25) is 0 Å². The summed E-state index contributed by atoms with van der Waals surface area (Å²) >= 11 is 0. The first kappa shape index (κ1) is 12.5. The average molecular weight is 231 g/mol. The van der Waals surface area contributed by atoms with Gasteiger partial charge in [0.25, 0.3) is 0 Å². The van der Waals surface area contributed by atoms with Crippen molar-refractivity contribution in [2.24, 2.45) is 11.8 Å². The molecule has 2 unspecified atom stereocenters. The normalized spacial score (nSPS) is 29.1. The van der Waals surface area contributed by atoms with Gasteiger partial charge in [0.2, 0.25) is 0 Å². The first-order chi connectivity index (χ1) is 8.02. The first-order valence-corrected chi connectivity index (χ1v) is 6.87. The maximum Gasteiger partial charge on any atom is 0.0347 e. The maximum atomic E-state index is 3.72. The second-order valence-corrected chi connectivity index (χ2v) is 6.14. The van der Waals surface area contributed by atoms with Gasteiger partial charge in [-0.05, 0) is 68.2 Å². The second-order valence-electron chi connectivity index (χ2n) is 6.14. The van der Waals surface area contributed by atoms with Crippen molar-refractivity contribution in [2.45, 2.75) is 53.0 Å². The molecule has 0 heterocycles. The van der Waals surface area contributed by atoms with Crippen molar-refractivity contribution in [1.82, 2.24) is 0 Å². The molecule has 1 N–H and O–H groups in total. The molecule has 17 heavy (non-hydrogen) atoms. The van der Waals surface area contributed by atoms with E-state index in [0.717, 1.165) is 11.8 Å². The fourth-order valence-corrected chi connectivity index (χ4v) is 3.36. The molecule has 0 aromatic heterocycles. The molecule has 0 amide bonds. The fourth-order valence-electron chi connectivity index (χ4n) is 3.36. The molecule has 1 saturated carbocycles. The third-order valence-electron chi connectivity index (χ3n) is 3.77. The Labute approximate surface area is 106 Å². The first-order valence-electron chi connectivity index (χ1n) is 6.87. The van der Waals surface area contributed by atoms with Crippen LogP contribution in [0.2, 0.25) is 0 Å². The smallest absolute Gasteiger partial charge is 0.0347 e. The van der Waals surface area contributed by atoms with Crippen molar-refractivity contribution in [2.75, 3.05) is 5.32 Å². The number of rotatable bonds is 2. The van der Waals surface area contributed by atoms with E-state index in [2.05, 4.69) is 51.2 Å². The number of nitrogens with one attached hydrogen (secondary N) is 1. The van der Waals surface area contributed by atoms with E-state index < -0.39 is 0 Å². The van der Waals surface area contributed by atoms with Crippen LogP contribution in [0, 0.1) is 25.7 Å². The molecule has 1 aromatic rings. The predicted octanol–water partition coefficient (Wildman–Crippen LogP) is 4.54. The highest BCUT2D eigenvalue weighted by molar-refractivity contribution is 5.49. The van der Waals surface area contributed by atoms with E-state index in [1.807, 2.05) is 0 Å². The van der Waals surface area contributed by atoms with Crippen LogP contribution in [0.4, 0.5) is 5.69 Å². The molecule has 2 atom stereocenters. The summed E-state index contributed by atoms with van der Waals surface area (Å²) in [6.07, 6.45) is 4.03. The van der Waals surface area contributed by atoms with E-state index in [0.29, 0.717) is 6.04 Å². The van der Waals surface area contributed by atoms with E-state index in [4.69, 9.17) is 0 Å². The number of benzene rings is 1. The van der Waals surface area contributed by atoms with Crippen molar-refractivity contribution < 1.29 is 0 Å². The number of aryl methyl sites for hydroxylation is 2. The summed E-state index contributed by atoms with van der Waals surface area (Å²) in [4.78, 5) is 0. The van der Waals surface area contributed by atoms with Crippen molar-refractivity contribution in [3.8, 4) is 0 Å². The molecule has 0 spiro atoms. The molecular formula is C16H25N. The van der Waals surface area contributed by atoms with Gasteiger partial charge in [-0.25, -0.2) is 0 Å². The molecule has 0 aliphatic heterocycles. The van der Waals surface area contributed by atoms with Crippen molar-refractivity contribution >= 4 is 5.69 Å². The highest BCUT2D eigenvalue weighted by atomic mass is 14.9. The van der Waals surface area contributed by atoms with Crippen LogP contribution in [0.25, 0.3) is 0 Å². The van der Waals surface area contributed by atoms with Crippen molar-refractivity contribution in [3.05, 3.63) is 29.3 Å². The molecule has 1 nitrogen and oxygen atoms in total.